The normalized spacial score (nSPS) is 30.0. The molecule has 8 nitrogen and oxygen atoms in total. The van der Waals surface area contributed by atoms with Crippen LogP contribution >= 0.6 is 0 Å². The Morgan fingerprint density at radius 3 is 2.39 bits per heavy atom. The van der Waals surface area contributed by atoms with Crippen molar-refractivity contribution in [2.24, 2.45) is 5.92 Å². The molecule has 3 aliphatic rings. The van der Waals surface area contributed by atoms with Crippen LogP contribution in [0.15, 0.2) is 0 Å². The van der Waals surface area contributed by atoms with Crippen molar-refractivity contribution in [2.75, 3.05) is 40.3 Å². The molecule has 0 aromatic rings. The van der Waals surface area contributed by atoms with Crippen molar-refractivity contribution in [3.05, 3.63) is 0 Å². The molecule has 1 N–H and O–H groups in total. The lowest BCUT2D eigenvalue weighted by Gasteiger charge is -2.40. The van der Waals surface area contributed by atoms with Gasteiger partial charge in [0, 0.05) is 45.3 Å². The van der Waals surface area contributed by atoms with Gasteiger partial charge in [0.1, 0.15) is 0 Å². The molecule has 0 aliphatic carbocycles. The van der Waals surface area contributed by atoms with E-state index in [0.29, 0.717) is 38.3 Å². The number of carbonyl (C=O) groups is 3. The fourth-order valence-corrected chi connectivity index (χ4v) is 4.84. The van der Waals surface area contributed by atoms with Gasteiger partial charge in [0.25, 0.3) is 0 Å². The molecular formula is C20H34N4O4. The molecule has 0 aromatic heterocycles. The van der Waals surface area contributed by atoms with E-state index in [-0.39, 0.29) is 29.9 Å². The van der Waals surface area contributed by atoms with Crippen molar-refractivity contribution in [3.8, 4) is 0 Å². The molecule has 3 fully saturated rings. The number of nitrogens with zero attached hydrogens (tertiary/aromatic N) is 3. The first-order valence-electron chi connectivity index (χ1n) is 10.6. The van der Waals surface area contributed by atoms with Crippen LogP contribution in [0.3, 0.4) is 0 Å². The standard InChI is InChI=1S/C20H34N4O4/c1-4-28-20(27)23-9-5-6-14(12-23)19(26)21-15-10-16-7-8-17(11-15)24(16)13-18(25)22(2)3/h14-17H,4-13H2,1-3H3,(H,21,26)/t14-,15?,16-,17+/m0/s1. The average molecular weight is 395 g/mol. The predicted molar refractivity (Wildman–Crippen MR) is 105 cm³/mol. The summed E-state index contributed by atoms with van der Waals surface area (Å²) in [5.41, 5.74) is 0. The Morgan fingerprint density at radius 2 is 1.79 bits per heavy atom. The summed E-state index contributed by atoms with van der Waals surface area (Å²) in [5, 5.41) is 3.24. The minimum absolute atomic E-state index is 0.0521. The highest BCUT2D eigenvalue weighted by molar-refractivity contribution is 5.80. The molecule has 28 heavy (non-hydrogen) atoms. The number of fused-ring (bicyclic) bond motifs is 2. The van der Waals surface area contributed by atoms with Crippen LogP contribution in [0.1, 0.15) is 45.4 Å². The van der Waals surface area contributed by atoms with E-state index in [1.807, 2.05) is 0 Å². The Morgan fingerprint density at radius 1 is 1.11 bits per heavy atom. The lowest BCUT2D eigenvalue weighted by atomic mass is 9.94. The van der Waals surface area contributed by atoms with Crippen LogP contribution in [-0.2, 0) is 14.3 Å². The number of piperidine rings is 2. The Balaban J connectivity index is 1.51. The summed E-state index contributed by atoms with van der Waals surface area (Å²) in [4.78, 5) is 42.5. The summed E-state index contributed by atoms with van der Waals surface area (Å²) in [7, 11) is 3.59. The van der Waals surface area contributed by atoms with Gasteiger partial charge in [-0.15, -0.1) is 0 Å². The Labute approximate surface area is 167 Å². The third kappa shape index (κ3) is 4.77. The van der Waals surface area contributed by atoms with Crippen molar-refractivity contribution in [2.45, 2.75) is 63.6 Å². The first-order valence-corrected chi connectivity index (χ1v) is 10.6. The average Bonchev–Trinajstić information content (AvgIpc) is 2.90. The third-order valence-electron chi connectivity index (χ3n) is 6.37. The van der Waals surface area contributed by atoms with Gasteiger partial charge >= 0.3 is 6.09 Å². The minimum atomic E-state index is -0.322. The number of amides is 3. The van der Waals surface area contributed by atoms with Gasteiger partial charge < -0.3 is 19.9 Å². The predicted octanol–water partition coefficient (Wildman–Crippen LogP) is 1.05. The van der Waals surface area contributed by atoms with Gasteiger partial charge in [0.15, 0.2) is 0 Å². The van der Waals surface area contributed by atoms with Crippen molar-refractivity contribution in [1.29, 1.82) is 0 Å². The smallest absolute Gasteiger partial charge is 0.409 e. The van der Waals surface area contributed by atoms with E-state index < -0.39 is 0 Å². The zero-order valence-electron chi connectivity index (χ0n) is 17.4. The fraction of sp³-hybridized carbons (Fsp3) is 0.850. The quantitative estimate of drug-likeness (QED) is 0.754. The lowest BCUT2D eigenvalue weighted by Crippen LogP contribution is -2.54. The number of hydrogen-bond donors (Lipinski definition) is 1. The number of rotatable bonds is 5. The van der Waals surface area contributed by atoms with Crippen molar-refractivity contribution >= 4 is 17.9 Å². The SMILES string of the molecule is CCOC(=O)N1CCC[C@H](C(=O)NC2C[C@H]3CC[C@@H](C2)N3CC(=O)N(C)C)C1. The van der Waals surface area contributed by atoms with E-state index in [9.17, 15) is 14.4 Å². The highest BCUT2D eigenvalue weighted by Gasteiger charge is 2.42. The highest BCUT2D eigenvalue weighted by Crippen LogP contribution is 2.35. The van der Waals surface area contributed by atoms with E-state index in [1.54, 1.807) is 30.8 Å². The van der Waals surface area contributed by atoms with Gasteiger partial charge in [-0.25, -0.2) is 4.79 Å². The Hall–Kier alpha value is -1.83. The number of likely N-dealkylation sites (tertiary alicyclic amines) is 1. The summed E-state index contributed by atoms with van der Waals surface area (Å²) in [5.74, 6) is 0.0287. The van der Waals surface area contributed by atoms with E-state index >= 15 is 0 Å². The fourth-order valence-electron chi connectivity index (χ4n) is 4.84. The van der Waals surface area contributed by atoms with Gasteiger partial charge in [-0.05, 0) is 45.4 Å². The summed E-state index contributed by atoms with van der Waals surface area (Å²) >= 11 is 0. The molecule has 3 aliphatic heterocycles. The van der Waals surface area contributed by atoms with Crippen LogP contribution in [0.4, 0.5) is 4.79 Å². The van der Waals surface area contributed by atoms with Gasteiger partial charge in [-0.1, -0.05) is 0 Å². The highest BCUT2D eigenvalue weighted by atomic mass is 16.6. The third-order valence-corrected chi connectivity index (χ3v) is 6.37. The number of hydrogen-bond acceptors (Lipinski definition) is 5. The summed E-state index contributed by atoms with van der Waals surface area (Å²) in [6.07, 6.45) is 5.30. The number of carbonyl (C=O) groups excluding carboxylic acids is 3. The molecule has 158 valence electrons. The van der Waals surface area contributed by atoms with Gasteiger partial charge in [0.05, 0.1) is 19.1 Å². The minimum Gasteiger partial charge on any atom is -0.450 e. The first-order chi connectivity index (χ1) is 13.4. The van der Waals surface area contributed by atoms with Crippen LogP contribution in [0, 0.1) is 5.92 Å². The Kier molecular flexibility index (Phi) is 6.80. The van der Waals surface area contributed by atoms with E-state index in [1.165, 1.54) is 0 Å². The zero-order valence-corrected chi connectivity index (χ0v) is 17.4. The second-order valence-electron chi connectivity index (χ2n) is 8.51. The molecule has 3 rings (SSSR count). The van der Waals surface area contributed by atoms with Crippen molar-refractivity contribution < 1.29 is 19.1 Å². The number of ether oxygens (including phenoxy) is 1. The van der Waals surface area contributed by atoms with Crippen LogP contribution in [-0.4, -0.2) is 91.1 Å². The van der Waals surface area contributed by atoms with Crippen LogP contribution in [0.2, 0.25) is 0 Å². The molecule has 0 saturated carbocycles. The van der Waals surface area contributed by atoms with E-state index in [4.69, 9.17) is 4.74 Å². The molecule has 8 heteroatoms. The number of nitrogens with one attached hydrogen (secondary N) is 1. The summed E-state index contributed by atoms with van der Waals surface area (Å²) in [6, 6.07) is 0.902. The molecule has 1 unspecified atom stereocenters. The first kappa shape index (κ1) is 20.9. The van der Waals surface area contributed by atoms with Gasteiger partial charge in [-0.2, -0.15) is 0 Å². The largest absolute Gasteiger partial charge is 0.450 e. The maximum atomic E-state index is 12.8. The molecule has 3 saturated heterocycles. The molecule has 2 bridgehead atoms. The molecule has 0 spiro atoms. The van der Waals surface area contributed by atoms with E-state index in [0.717, 1.165) is 38.5 Å². The van der Waals surface area contributed by atoms with Crippen molar-refractivity contribution in [1.82, 2.24) is 20.0 Å². The summed E-state index contributed by atoms with van der Waals surface area (Å²) in [6.45, 7) is 3.71. The zero-order chi connectivity index (χ0) is 20.3. The van der Waals surface area contributed by atoms with Crippen LogP contribution in [0.25, 0.3) is 0 Å². The molecule has 3 heterocycles. The van der Waals surface area contributed by atoms with Crippen molar-refractivity contribution in [3.63, 3.8) is 0 Å². The monoisotopic (exact) mass is 394 g/mol. The van der Waals surface area contributed by atoms with Gasteiger partial charge in [0.2, 0.25) is 11.8 Å². The molecule has 4 atom stereocenters. The molecule has 0 radical (unpaired) electrons. The maximum Gasteiger partial charge on any atom is 0.409 e. The topological polar surface area (TPSA) is 82.2 Å². The second-order valence-corrected chi connectivity index (χ2v) is 8.51. The second kappa shape index (κ2) is 9.11. The Bertz CT molecular complexity index is 583. The van der Waals surface area contributed by atoms with Crippen LogP contribution < -0.4 is 5.32 Å². The van der Waals surface area contributed by atoms with Gasteiger partial charge in [-0.3, -0.25) is 14.5 Å². The van der Waals surface area contributed by atoms with E-state index in [2.05, 4.69) is 10.2 Å². The molecular weight excluding hydrogens is 360 g/mol. The van der Waals surface area contributed by atoms with Crippen LogP contribution in [0.5, 0.6) is 0 Å². The summed E-state index contributed by atoms with van der Waals surface area (Å²) < 4.78 is 5.07. The number of likely N-dealkylation sites (N-methyl/N-ethyl adjacent to an activating group) is 1. The maximum absolute atomic E-state index is 12.8. The lowest BCUT2D eigenvalue weighted by molar-refractivity contribution is -0.132. The molecule has 3 amide bonds. The molecule has 0 aromatic carbocycles.